The number of carbonyl (C=O) groups excluding carboxylic acids is 2. The van der Waals surface area contributed by atoms with Crippen LogP contribution in [-0.4, -0.2) is 56.0 Å². The van der Waals surface area contributed by atoms with Crippen LogP contribution in [0.1, 0.15) is 15.9 Å². The molecule has 2 aliphatic heterocycles. The van der Waals surface area contributed by atoms with Gasteiger partial charge in [0.15, 0.2) is 0 Å². The number of hydrogen-bond acceptors (Lipinski definition) is 4. The molecule has 112 valence electrons. The maximum atomic E-state index is 12.7. The number of benzene rings is 1. The zero-order valence-corrected chi connectivity index (χ0v) is 12.0. The van der Waals surface area contributed by atoms with Gasteiger partial charge in [-0.25, -0.2) is 0 Å². The number of nitrogens with zero attached hydrogens (tertiary/aromatic N) is 1. The molecule has 0 saturated carbocycles. The Bertz CT molecular complexity index is 573. The van der Waals surface area contributed by atoms with Gasteiger partial charge in [-0.1, -0.05) is 0 Å². The molecule has 1 saturated heterocycles. The van der Waals surface area contributed by atoms with Gasteiger partial charge >= 0.3 is 0 Å². The van der Waals surface area contributed by atoms with Gasteiger partial charge in [0.2, 0.25) is 5.91 Å². The molecule has 1 fully saturated rings. The number of amides is 2. The normalized spacial score (nSPS) is 20.6. The molecule has 0 bridgehead atoms. The SMILES string of the molecule is CNC(=O)C1CNCCN1C(=O)c1ccc2c(c1)CCO2. The van der Waals surface area contributed by atoms with Crippen LogP contribution in [0.25, 0.3) is 0 Å². The molecule has 6 nitrogen and oxygen atoms in total. The lowest BCUT2D eigenvalue weighted by Crippen LogP contribution is -2.59. The molecule has 1 aromatic carbocycles. The number of carbonyl (C=O) groups is 2. The second kappa shape index (κ2) is 5.73. The van der Waals surface area contributed by atoms with Crippen molar-refractivity contribution in [2.24, 2.45) is 0 Å². The third-order valence-electron chi connectivity index (χ3n) is 3.99. The van der Waals surface area contributed by atoms with Gasteiger partial charge in [0, 0.05) is 38.7 Å². The number of fused-ring (bicyclic) bond motifs is 1. The molecule has 1 atom stereocenters. The van der Waals surface area contributed by atoms with Crippen molar-refractivity contribution in [2.75, 3.05) is 33.3 Å². The van der Waals surface area contributed by atoms with E-state index in [1.54, 1.807) is 18.0 Å². The maximum absolute atomic E-state index is 12.7. The third kappa shape index (κ3) is 2.58. The first kappa shape index (κ1) is 13.9. The zero-order chi connectivity index (χ0) is 14.8. The molecule has 2 aliphatic rings. The average Bonchev–Trinajstić information content (AvgIpc) is 3.01. The minimum absolute atomic E-state index is 0.0974. The van der Waals surface area contributed by atoms with E-state index in [2.05, 4.69) is 10.6 Å². The molecule has 0 spiro atoms. The first-order chi connectivity index (χ1) is 10.2. The van der Waals surface area contributed by atoms with E-state index in [0.29, 0.717) is 31.8 Å². The first-order valence-electron chi connectivity index (χ1n) is 7.19. The largest absolute Gasteiger partial charge is 0.493 e. The van der Waals surface area contributed by atoms with Gasteiger partial charge < -0.3 is 20.3 Å². The summed E-state index contributed by atoms with van der Waals surface area (Å²) in [5.74, 6) is 0.620. The van der Waals surface area contributed by atoms with E-state index in [0.717, 1.165) is 17.7 Å². The summed E-state index contributed by atoms with van der Waals surface area (Å²) in [4.78, 5) is 26.3. The number of piperazine rings is 1. The standard InChI is InChI=1S/C15H19N3O3/c1-16-14(19)12-9-17-5-6-18(12)15(20)11-2-3-13-10(8-11)4-7-21-13/h2-3,8,12,17H,4-7,9H2,1H3,(H,16,19). The molecular weight excluding hydrogens is 270 g/mol. The molecule has 6 heteroatoms. The van der Waals surface area contributed by atoms with E-state index in [1.165, 1.54) is 0 Å². The quantitative estimate of drug-likeness (QED) is 0.790. The second-order valence-electron chi connectivity index (χ2n) is 5.25. The van der Waals surface area contributed by atoms with Crippen molar-refractivity contribution in [1.29, 1.82) is 0 Å². The summed E-state index contributed by atoms with van der Waals surface area (Å²) >= 11 is 0. The fraction of sp³-hybridized carbons (Fsp3) is 0.467. The van der Waals surface area contributed by atoms with Crippen molar-refractivity contribution in [1.82, 2.24) is 15.5 Å². The molecule has 0 aromatic heterocycles. The van der Waals surface area contributed by atoms with Crippen LogP contribution in [0.5, 0.6) is 5.75 Å². The Morgan fingerprint density at radius 3 is 3.10 bits per heavy atom. The van der Waals surface area contributed by atoms with E-state index in [4.69, 9.17) is 4.74 Å². The highest BCUT2D eigenvalue weighted by Crippen LogP contribution is 2.26. The summed E-state index contributed by atoms with van der Waals surface area (Å²) in [7, 11) is 1.59. The van der Waals surface area contributed by atoms with Gasteiger partial charge in [-0.2, -0.15) is 0 Å². The van der Waals surface area contributed by atoms with Gasteiger partial charge in [0.25, 0.3) is 5.91 Å². The number of likely N-dealkylation sites (N-methyl/N-ethyl adjacent to an activating group) is 1. The predicted molar refractivity (Wildman–Crippen MR) is 77.4 cm³/mol. The summed E-state index contributed by atoms with van der Waals surface area (Å²) in [5, 5.41) is 5.77. The molecule has 2 heterocycles. The summed E-state index contributed by atoms with van der Waals surface area (Å²) in [6.45, 7) is 2.39. The van der Waals surface area contributed by atoms with Crippen molar-refractivity contribution < 1.29 is 14.3 Å². The lowest BCUT2D eigenvalue weighted by atomic mass is 10.1. The maximum Gasteiger partial charge on any atom is 0.254 e. The van der Waals surface area contributed by atoms with Gasteiger partial charge in [0.05, 0.1) is 6.61 Å². The Balaban J connectivity index is 1.84. The molecule has 2 amide bonds. The highest BCUT2D eigenvalue weighted by molar-refractivity contribution is 5.98. The Morgan fingerprint density at radius 1 is 1.43 bits per heavy atom. The van der Waals surface area contributed by atoms with Crippen molar-refractivity contribution in [3.8, 4) is 5.75 Å². The Labute approximate surface area is 123 Å². The van der Waals surface area contributed by atoms with Gasteiger partial charge in [-0.15, -0.1) is 0 Å². The summed E-state index contributed by atoms with van der Waals surface area (Å²) < 4.78 is 5.46. The molecule has 2 N–H and O–H groups in total. The van der Waals surface area contributed by atoms with Crippen LogP contribution >= 0.6 is 0 Å². The van der Waals surface area contributed by atoms with Crippen molar-refractivity contribution in [3.63, 3.8) is 0 Å². The Morgan fingerprint density at radius 2 is 2.29 bits per heavy atom. The van der Waals surface area contributed by atoms with Crippen molar-refractivity contribution in [2.45, 2.75) is 12.5 Å². The van der Waals surface area contributed by atoms with Gasteiger partial charge in [0.1, 0.15) is 11.8 Å². The molecular formula is C15H19N3O3. The topological polar surface area (TPSA) is 70.7 Å². The third-order valence-corrected chi connectivity index (χ3v) is 3.99. The van der Waals surface area contributed by atoms with Gasteiger partial charge in [-0.3, -0.25) is 9.59 Å². The van der Waals surface area contributed by atoms with Crippen LogP contribution in [0.2, 0.25) is 0 Å². The molecule has 21 heavy (non-hydrogen) atoms. The Hall–Kier alpha value is -2.08. The van der Waals surface area contributed by atoms with Crippen molar-refractivity contribution >= 4 is 11.8 Å². The molecule has 3 rings (SSSR count). The second-order valence-corrected chi connectivity index (χ2v) is 5.25. The number of hydrogen-bond donors (Lipinski definition) is 2. The summed E-state index contributed by atoms with van der Waals surface area (Å²) in [5.41, 5.74) is 1.68. The Kier molecular flexibility index (Phi) is 3.79. The van der Waals surface area contributed by atoms with Gasteiger partial charge in [-0.05, 0) is 23.8 Å². The van der Waals surface area contributed by atoms with Crippen LogP contribution in [0.4, 0.5) is 0 Å². The van der Waals surface area contributed by atoms with E-state index in [9.17, 15) is 9.59 Å². The predicted octanol–water partition coefficient (Wildman–Crippen LogP) is -0.218. The minimum Gasteiger partial charge on any atom is -0.493 e. The molecule has 0 aliphatic carbocycles. The molecule has 1 unspecified atom stereocenters. The van der Waals surface area contributed by atoms with E-state index < -0.39 is 6.04 Å². The van der Waals surface area contributed by atoms with Crippen LogP contribution in [0, 0.1) is 0 Å². The average molecular weight is 289 g/mol. The van der Waals surface area contributed by atoms with Crippen LogP contribution < -0.4 is 15.4 Å². The lowest BCUT2D eigenvalue weighted by molar-refractivity contribution is -0.125. The number of rotatable bonds is 2. The smallest absolute Gasteiger partial charge is 0.254 e. The highest BCUT2D eigenvalue weighted by Gasteiger charge is 2.32. The van der Waals surface area contributed by atoms with Crippen molar-refractivity contribution in [3.05, 3.63) is 29.3 Å². The van der Waals surface area contributed by atoms with E-state index in [1.807, 2.05) is 12.1 Å². The number of ether oxygens (including phenoxy) is 1. The van der Waals surface area contributed by atoms with E-state index >= 15 is 0 Å². The lowest BCUT2D eigenvalue weighted by Gasteiger charge is -2.35. The first-order valence-corrected chi connectivity index (χ1v) is 7.19. The van der Waals surface area contributed by atoms with Crippen LogP contribution in [0.15, 0.2) is 18.2 Å². The minimum atomic E-state index is -0.458. The highest BCUT2D eigenvalue weighted by atomic mass is 16.5. The fourth-order valence-corrected chi connectivity index (χ4v) is 2.83. The summed E-state index contributed by atoms with van der Waals surface area (Å²) in [6.07, 6.45) is 0.830. The summed E-state index contributed by atoms with van der Waals surface area (Å²) in [6, 6.07) is 5.04. The monoisotopic (exact) mass is 289 g/mol. The zero-order valence-electron chi connectivity index (χ0n) is 12.0. The fourth-order valence-electron chi connectivity index (χ4n) is 2.83. The number of nitrogens with one attached hydrogen (secondary N) is 2. The van der Waals surface area contributed by atoms with Crippen LogP contribution in [0.3, 0.4) is 0 Å². The van der Waals surface area contributed by atoms with E-state index in [-0.39, 0.29) is 11.8 Å². The molecule has 1 aromatic rings. The molecule has 0 radical (unpaired) electrons. The van der Waals surface area contributed by atoms with Crippen LogP contribution in [-0.2, 0) is 11.2 Å².